The monoisotopic (exact) mass is 469 g/mol. The van der Waals surface area contributed by atoms with Crippen LogP contribution in [0.4, 0.5) is 5.13 Å². The van der Waals surface area contributed by atoms with E-state index in [1.165, 1.54) is 24.7 Å². The van der Waals surface area contributed by atoms with E-state index in [1.807, 2.05) is 0 Å². The van der Waals surface area contributed by atoms with Crippen molar-refractivity contribution in [2.45, 2.75) is 33.3 Å². The summed E-state index contributed by atoms with van der Waals surface area (Å²) in [4.78, 5) is 27.6. The molecule has 0 aliphatic carbocycles. The van der Waals surface area contributed by atoms with Crippen LogP contribution in [-0.2, 0) is 25.5 Å². The van der Waals surface area contributed by atoms with E-state index < -0.39 is 12.1 Å². The Morgan fingerprint density at radius 2 is 2.03 bits per heavy atom. The standard InChI is InChI=1S/C20H24ClN3O6S/c1-5-28-17(25)9-14-11-31-20(23-14)24-22-10-13-7-15(21)18(16(8-13)27-4)30-12(3)19(26)29-6-2/h7-8,10-12H,5-6,9H2,1-4H3,(H,23,24). The minimum absolute atomic E-state index is 0.105. The zero-order valence-corrected chi connectivity index (χ0v) is 19.2. The summed E-state index contributed by atoms with van der Waals surface area (Å²) in [6, 6.07) is 3.29. The number of carbonyl (C=O) groups excluding carboxylic acids is 2. The Morgan fingerprint density at radius 3 is 2.71 bits per heavy atom. The molecule has 1 unspecified atom stereocenters. The number of carbonyl (C=O) groups is 2. The van der Waals surface area contributed by atoms with Crippen LogP contribution >= 0.6 is 22.9 Å². The summed E-state index contributed by atoms with van der Waals surface area (Å²) in [5.74, 6) is -0.250. The van der Waals surface area contributed by atoms with Crippen LogP contribution in [0.2, 0.25) is 5.02 Å². The molecule has 0 aliphatic rings. The molecule has 0 aliphatic heterocycles. The molecule has 31 heavy (non-hydrogen) atoms. The number of thiazole rings is 1. The lowest BCUT2D eigenvalue weighted by molar-refractivity contribution is -0.150. The topological polar surface area (TPSA) is 108 Å². The third-order valence-electron chi connectivity index (χ3n) is 3.72. The Labute approximate surface area is 189 Å². The van der Waals surface area contributed by atoms with Crippen LogP contribution in [0.25, 0.3) is 0 Å². The second-order valence-electron chi connectivity index (χ2n) is 6.04. The van der Waals surface area contributed by atoms with Crippen molar-refractivity contribution in [2.75, 3.05) is 25.7 Å². The van der Waals surface area contributed by atoms with Gasteiger partial charge in [-0.2, -0.15) is 5.10 Å². The maximum atomic E-state index is 11.8. The third-order valence-corrected chi connectivity index (χ3v) is 4.80. The Balaban J connectivity index is 2.04. The van der Waals surface area contributed by atoms with Gasteiger partial charge in [-0.05, 0) is 38.5 Å². The predicted octanol–water partition coefficient (Wildman–Crippen LogP) is 3.69. The van der Waals surface area contributed by atoms with Crippen LogP contribution in [0.15, 0.2) is 22.6 Å². The van der Waals surface area contributed by atoms with E-state index >= 15 is 0 Å². The molecule has 2 rings (SSSR count). The van der Waals surface area contributed by atoms with Crippen LogP contribution in [0.1, 0.15) is 32.0 Å². The molecule has 2 aromatic rings. The molecule has 0 bridgehead atoms. The molecule has 0 spiro atoms. The Kier molecular flexibility index (Phi) is 9.54. The van der Waals surface area contributed by atoms with Gasteiger partial charge in [-0.3, -0.25) is 10.2 Å². The van der Waals surface area contributed by atoms with E-state index in [-0.39, 0.29) is 29.8 Å². The van der Waals surface area contributed by atoms with E-state index in [0.29, 0.717) is 28.7 Å². The van der Waals surface area contributed by atoms with E-state index in [0.717, 1.165) is 0 Å². The summed E-state index contributed by atoms with van der Waals surface area (Å²) in [6.45, 7) is 5.62. The summed E-state index contributed by atoms with van der Waals surface area (Å²) in [5, 5.41) is 6.66. The molecular weight excluding hydrogens is 446 g/mol. The Bertz CT molecular complexity index is 934. The lowest BCUT2D eigenvalue weighted by atomic mass is 10.2. The van der Waals surface area contributed by atoms with Crippen molar-refractivity contribution in [1.29, 1.82) is 0 Å². The first-order chi connectivity index (χ1) is 14.9. The van der Waals surface area contributed by atoms with Gasteiger partial charge < -0.3 is 18.9 Å². The summed E-state index contributed by atoms with van der Waals surface area (Å²) in [6.07, 6.45) is 0.786. The molecule has 1 heterocycles. The minimum atomic E-state index is -0.846. The highest BCUT2D eigenvalue weighted by molar-refractivity contribution is 7.13. The van der Waals surface area contributed by atoms with Crippen molar-refractivity contribution < 1.29 is 28.5 Å². The number of rotatable bonds is 11. The van der Waals surface area contributed by atoms with E-state index in [4.69, 9.17) is 30.5 Å². The second-order valence-corrected chi connectivity index (χ2v) is 7.31. The number of halogens is 1. The summed E-state index contributed by atoms with van der Waals surface area (Å²) < 4.78 is 20.8. The van der Waals surface area contributed by atoms with Crippen molar-refractivity contribution in [2.24, 2.45) is 5.10 Å². The predicted molar refractivity (Wildman–Crippen MR) is 118 cm³/mol. The number of anilines is 1. The molecule has 0 radical (unpaired) electrons. The van der Waals surface area contributed by atoms with Gasteiger partial charge in [0.05, 0.1) is 43.7 Å². The Morgan fingerprint density at radius 1 is 1.29 bits per heavy atom. The van der Waals surface area contributed by atoms with Gasteiger partial charge in [0.15, 0.2) is 17.6 Å². The van der Waals surface area contributed by atoms with Crippen molar-refractivity contribution in [3.63, 3.8) is 0 Å². The van der Waals surface area contributed by atoms with Crippen LogP contribution in [0.3, 0.4) is 0 Å². The van der Waals surface area contributed by atoms with Crippen molar-refractivity contribution in [1.82, 2.24) is 4.98 Å². The molecule has 9 nitrogen and oxygen atoms in total. The normalized spacial score (nSPS) is 11.8. The van der Waals surface area contributed by atoms with Gasteiger partial charge in [0, 0.05) is 5.38 Å². The van der Waals surface area contributed by atoms with Gasteiger partial charge in [0.2, 0.25) is 5.13 Å². The van der Waals surface area contributed by atoms with Crippen molar-refractivity contribution in [3.05, 3.63) is 33.8 Å². The fraction of sp³-hybridized carbons (Fsp3) is 0.400. The molecular formula is C20H24ClN3O6S. The fourth-order valence-electron chi connectivity index (χ4n) is 2.37. The molecule has 1 aromatic heterocycles. The quantitative estimate of drug-likeness (QED) is 0.301. The Hall–Kier alpha value is -2.85. The summed E-state index contributed by atoms with van der Waals surface area (Å²) in [5.41, 5.74) is 4.03. The maximum Gasteiger partial charge on any atom is 0.347 e. The number of esters is 2. The number of hydrazone groups is 1. The summed E-state index contributed by atoms with van der Waals surface area (Å²) >= 11 is 7.63. The number of methoxy groups -OCH3 is 1. The highest BCUT2D eigenvalue weighted by Crippen LogP contribution is 2.37. The van der Waals surface area contributed by atoms with Crippen LogP contribution in [-0.4, -0.2) is 49.6 Å². The smallest absolute Gasteiger partial charge is 0.347 e. The number of benzene rings is 1. The first-order valence-electron chi connectivity index (χ1n) is 9.47. The zero-order chi connectivity index (χ0) is 22.8. The average Bonchev–Trinajstić information content (AvgIpc) is 3.16. The highest BCUT2D eigenvalue weighted by Gasteiger charge is 2.20. The number of nitrogens with one attached hydrogen (secondary N) is 1. The number of aromatic nitrogens is 1. The summed E-state index contributed by atoms with van der Waals surface area (Å²) in [7, 11) is 1.47. The van der Waals surface area contributed by atoms with E-state index in [1.54, 1.807) is 38.3 Å². The molecule has 0 saturated carbocycles. The minimum Gasteiger partial charge on any atom is -0.493 e. The number of ether oxygens (including phenoxy) is 4. The molecule has 1 aromatic carbocycles. The molecule has 1 N–H and O–H groups in total. The van der Waals surface area contributed by atoms with E-state index in [2.05, 4.69) is 15.5 Å². The highest BCUT2D eigenvalue weighted by atomic mass is 35.5. The van der Waals surface area contributed by atoms with Crippen LogP contribution in [0, 0.1) is 0 Å². The first-order valence-corrected chi connectivity index (χ1v) is 10.7. The molecule has 1 atom stereocenters. The van der Waals surface area contributed by atoms with Gasteiger partial charge in [0.25, 0.3) is 0 Å². The van der Waals surface area contributed by atoms with Crippen molar-refractivity contribution >= 4 is 46.2 Å². The molecule has 0 amide bonds. The maximum absolute atomic E-state index is 11.8. The molecule has 168 valence electrons. The third kappa shape index (κ3) is 7.41. The number of hydrogen-bond donors (Lipinski definition) is 1. The second kappa shape index (κ2) is 12.1. The lowest BCUT2D eigenvalue weighted by Crippen LogP contribution is -2.26. The van der Waals surface area contributed by atoms with Crippen molar-refractivity contribution in [3.8, 4) is 11.5 Å². The number of nitrogens with zero attached hydrogens (tertiary/aromatic N) is 2. The molecule has 11 heteroatoms. The zero-order valence-electron chi connectivity index (χ0n) is 17.6. The fourth-order valence-corrected chi connectivity index (χ4v) is 3.30. The van der Waals surface area contributed by atoms with E-state index in [9.17, 15) is 9.59 Å². The molecule has 0 saturated heterocycles. The lowest BCUT2D eigenvalue weighted by Gasteiger charge is -2.17. The number of hydrogen-bond acceptors (Lipinski definition) is 10. The average molecular weight is 470 g/mol. The van der Waals surface area contributed by atoms with Crippen LogP contribution < -0.4 is 14.9 Å². The SMILES string of the molecule is CCOC(=O)Cc1csc(NN=Cc2cc(Cl)c(OC(C)C(=O)OCC)c(OC)c2)n1. The van der Waals surface area contributed by atoms with Gasteiger partial charge in [-0.25, -0.2) is 9.78 Å². The largest absolute Gasteiger partial charge is 0.493 e. The van der Waals surface area contributed by atoms with Gasteiger partial charge in [0.1, 0.15) is 0 Å². The van der Waals surface area contributed by atoms with Gasteiger partial charge in [-0.1, -0.05) is 11.6 Å². The van der Waals surface area contributed by atoms with Gasteiger partial charge >= 0.3 is 11.9 Å². The first kappa shape index (κ1) is 24.4. The molecule has 0 fully saturated rings. The van der Waals surface area contributed by atoms with Gasteiger partial charge in [-0.15, -0.1) is 11.3 Å². The van der Waals surface area contributed by atoms with Crippen LogP contribution in [0.5, 0.6) is 11.5 Å².